The number of nitrogens with one attached hydrogen (secondary N) is 1. The first-order valence-corrected chi connectivity index (χ1v) is 6.29. The van der Waals surface area contributed by atoms with Crippen LogP contribution < -0.4 is 10.2 Å². The van der Waals surface area contributed by atoms with E-state index in [0.717, 1.165) is 23.8 Å². The third-order valence-electron chi connectivity index (χ3n) is 3.25. The first-order valence-electron chi connectivity index (χ1n) is 5.91. The van der Waals surface area contributed by atoms with Gasteiger partial charge in [-0.1, -0.05) is 17.7 Å². The molecule has 1 saturated heterocycles. The summed E-state index contributed by atoms with van der Waals surface area (Å²) in [6, 6.07) is 7.91. The van der Waals surface area contributed by atoms with E-state index in [1.54, 1.807) is 0 Å². The summed E-state index contributed by atoms with van der Waals surface area (Å²) in [6.45, 7) is 6.18. The number of benzene rings is 1. The Morgan fingerprint density at radius 2 is 2.29 bits per heavy atom. The molecule has 0 spiro atoms. The fraction of sp³-hybridized carbons (Fsp3) is 0.538. The molecule has 4 heteroatoms. The van der Waals surface area contributed by atoms with E-state index in [4.69, 9.17) is 11.6 Å². The fourth-order valence-corrected chi connectivity index (χ4v) is 2.73. The molecule has 1 aliphatic rings. The molecular formula is C13H19ClN2O. The van der Waals surface area contributed by atoms with Crippen LogP contribution in [0.3, 0.4) is 0 Å². The third-order valence-corrected chi connectivity index (χ3v) is 3.49. The molecule has 94 valence electrons. The predicted molar refractivity (Wildman–Crippen MR) is 71.8 cm³/mol. The molecule has 0 amide bonds. The van der Waals surface area contributed by atoms with E-state index in [-0.39, 0.29) is 18.2 Å². The summed E-state index contributed by atoms with van der Waals surface area (Å²) in [7, 11) is 0. The Kier molecular flexibility index (Phi) is 3.61. The quantitative estimate of drug-likeness (QED) is 0.846. The molecular weight excluding hydrogens is 236 g/mol. The number of piperazine rings is 1. The Bertz CT molecular complexity index is 395. The summed E-state index contributed by atoms with van der Waals surface area (Å²) >= 11 is 6.04. The lowest BCUT2D eigenvalue weighted by atomic mass is 9.95. The maximum absolute atomic E-state index is 9.51. The van der Waals surface area contributed by atoms with Gasteiger partial charge in [-0.05, 0) is 32.0 Å². The Morgan fingerprint density at radius 3 is 2.94 bits per heavy atom. The van der Waals surface area contributed by atoms with Crippen molar-refractivity contribution in [3.05, 3.63) is 29.3 Å². The highest BCUT2D eigenvalue weighted by Crippen LogP contribution is 2.30. The van der Waals surface area contributed by atoms with Crippen LogP contribution in [0.1, 0.15) is 13.8 Å². The highest BCUT2D eigenvalue weighted by atomic mass is 35.5. The van der Waals surface area contributed by atoms with E-state index in [0.29, 0.717) is 0 Å². The fourth-order valence-electron chi connectivity index (χ4n) is 2.55. The predicted octanol–water partition coefficient (Wildman–Crippen LogP) is 1.89. The first kappa shape index (κ1) is 12.7. The van der Waals surface area contributed by atoms with Gasteiger partial charge in [-0.2, -0.15) is 0 Å². The summed E-state index contributed by atoms with van der Waals surface area (Å²) in [5, 5.41) is 13.6. The van der Waals surface area contributed by atoms with Crippen LogP contribution in [-0.4, -0.2) is 36.4 Å². The summed E-state index contributed by atoms with van der Waals surface area (Å²) in [6.07, 6.45) is 0. The van der Waals surface area contributed by atoms with Crippen molar-refractivity contribution >= 4 is 17.3 Å². The van der Waals surface area contributed by atoms with Crippen LogP contribution in [0.2, 0.25) is 5.02 Å². The van der Waals surface area contributed by atoms with Crippen LogP contribution in [0.25, 0.3) is 0 Å². The molecule has 1 aromatic rings. The monoisotopic (exact) mass is 254 g/mol. The Hall–Kier alpha value is -0.770. The highest BCUT2D eigenvalue weighted by molar-refractivity contribution is 6.30. The smallest absolute Gasteiger partial charge is 0.0651 e. The molecule has 17 heavy (non-hydrogen) atoms. The van der Waals surface area contributed by atoms with Gasteiger partial charge in [0.15, 0.2) is 0 Å². The number of nitrogens with zero attached hydrogens (tertiary/aromatic N) is 1. The summed E-state index contributed by atoms with van der Waals surface area (Å²) in [5.41, 5.74) is 1.04. The molecule has 0 radical (unpaired) electrons. The average molecular weight is 255 g/mol. The molecule has 2 rings (SSSR count). The van der Waals surface area contributed by atoms with Crippen molar-refractivity contribution in [2.24, 2.45) is 0 Å². The van der Waals surface area contributed by atoms with Crippen molar-refractivity contribution in [3.8, 4) is 0 Å². The number of anilines is 1. The topological polar surface area (TPSA) is 35.5 Å². The minimum atomic E-state index is -0.0314. The van der Waals surface area contributed by atoms with Crippen LogP contribution in [0, 0.1) is 0 Å². The summed E-state index contributed by atoms with van der Waals surface area (Å²) in [4.78, 5) is 2.26. The van der Waals surface area contributed by atoms with E-state index >= 15 is 0 Å². The Morgan fingerprint density at radius 1 is 1.53 bits per heavy atom. The van der Waals surface area contributed by atoms with Crippen LogP contribution in [0.5, 0.6) is 0 Å². The van der Waals surface area contributed by atoms with Crippen LogP contribution in [0.15, 0.2) is 24.3 Å². The second-order valence-corrected chi connectivity index (χ2v) is 5.57. The molecule has 0 aromatic heterocycles. The Labute approximate surface area is 107 Å². The average Bonchev–Trinajstić information content (AvgIpc) is 2.27. The Balaban J connectivity index is 2.37. The van der Waals surface area contributed by atoms with Gasteiger partial charge >= 0.3 is 0 Å². The lowest BCUT2D eigenvalue weighted by Crippen LogP contribution is -2.64. The summed E-state index contributed by atoms with van der Waals surface area (Å²) < 4.78 is 0. The second kappa shape index (κ2) is 4.84. The van der Waals surface area contributed by atoms with E-state index in [1.165, 1.54) is 0 Å². The molecule has 1 unspecified atom stereocenters. The van der Waals surface area contributed by atoms with E-state index < -0.39 is 0 Å². The normalized spacial score (nSPS) is 23.8. The molecule has 0 aliphatic carbocycles. The minimum Gasteiger partial charge on any atom is -0.394 e. The molecule has 1 atom stereocenters. The van der Waals surface area contributed by atoms with Gasteiger partial charge < -0.3 is 15.3 Å². The molecule has 1 aromatic carbocycles. The van der Waals surface area contributed by atoms with E-state index in [2.05, 4.69) is 24.1 Å². The molecule has 3 nitrogen and oxygen atoms in total. The number of aliphatic hydroxyl groups is 1. The van der Waals surface area contributed by atoms with Crippen molar-refractivity contribution in [1.82, 2.24) is 5.32 Å². The molecule has 1 heterocycles. The molecule has 0 bridgehead atoms. The van der Waals surface area contributed by atoms with Gasteiger partial charge in [-0.25, -0.2) is 0 Å². The van der Waals surface area contributed by atoms with E-state index in [1.807, 2.05) is 24.3 Å². The van der Waals surface area contributed by atoms with Crippen molar-refractivity contribution in [1.29, 1.82) is 0 Å². The maximum atomic E-state index is 9.51. The maximum Gasteiger partial charge on any atom is 0.0651 e. The van der Waals surface area contributed by atoms with Crippen molar-refractivity contribution in [2.45, 2.75) is 25.4 Å². The van der Waals surface area contributed by atoms with Gasteiger partial charge in [0, 0.05) is 29.3 Å². The number of hydrogen-bond donors (Lipinski definition) is 2. The zero-order valence-electron chi connectivity index (χ0n) is 10.3. The van der Waals surface area contributed by atoms with Gasteiger partial charge in [0.05, 0.1) is 12.6 Å². The molecule has 0 saturated carbocycles. The number of aliphatic hydroxyl groups excluding tert-OH is 1. The molecule has 2 N–H and O–H groups in total. The standard InChI is InChI=1S/C13H19ClN2O/c1-13(2)9-15-7-12(8-17)16(13)11-5-3-4-10(14)6-11/h3-6,12,15,17H,7-9H2,1-2H3. The van der Waals surface area contributed by atoms with Gasteiger partial charge in [0.2, 0.25) is 0 Å². The lowest BCUT2D eigenvalue weighted by molar-refractivity contribution is 0.212. The van der Waals surface area contributed by atoms with Crippen molar-refractivity contribution in [2.75, 3.05) is 24.6 Å². The summed E-state index contributed by atoms with van der Waals surface area (Å²) in [5.74, 6) is 0. The van der Waals surface area contributed by atoms with Crippen LogP contribution in [-0.2, 0) is 0 Å². The van der Waals surface area contributed by atoms with Crippen LogP contribution in [0.4, 0.5) is 5.69 Å². The number of rotatable bonds is 2. The minimum absolute atomic E-state index is 0.0314. The second-order valence-electron chi connectivity index (χ2n) is 5.13. The number of hydrogen-bond acceptors (Lipinski definition) is 3. The highest BCUT2D eigenvalue weighted by Gasteiger charge is 2.35. The van der Waals surface area contributed by atoms with Crippen LogP contribution >= 0.6 is 11.6 Å². The number of halogens is 1. The molecule has 1 fully saturated rings. The van der Waals surface area contributed by atoms with Crippen molar-refractivity contribution < 1.29 is 5.11 Å². The van der Waals surface area contributed by atoms with Crippen molar-refractivity contribution in [3.63, 3.8) is 0 Å². The SMILES string of the molecule is CC1(C)CNCC(CO)N1c1cccc(Cl)c1. The van der Waals surface area contributed by atoms with Gasteiger partial charge in [0.25, 0.3) is 0 Å². The van der Waals surface area contributed by atoms with Gasteiger partial charge in [-0.15, -0.1) is 0 Å². The molecule has 1 aliphatic heterocycles. The lowest BCUT2D eigenvalue weighted by Gasteiger charge is -2.49. The van der Waals surface area contributed by atoms with E-state index in [9.17, 15) is 5.11 Å². The zero-order chi connectivity index (χ0) is 12.5. The first-order chi connectivity index (χ1) is 8.04. The zero-order valence-corrected chi connectivity index (χ0v) is 11.0. The third kappa shape index (κ3) is 2.57. The van der Waals surface area contributed by atoms with Gasteiger partial charge in [-0.3, -0.25) is 0 Å². The largest absolute Gasteiger partial charge is 0.394 e. The van der Waals surface area contributed by atoms with Gasteiger partial charge in [0.1, 0.15) is 0 Å².